The topological polar surface area (TPSA) is 30.8 Å². The molecule has 0 spiro atoms. The first kappa shape index (κ1) is 16.2. The Morgan fingerprint density at radius 1 is 1.29 bits per heavy atom. The van der Waals surface area contributed by atoms with Crippen LogP contribution < -0.4 is 0 Å². The average Bonchev–Trinajstić information content (AvgIpc) is 2.14. The zero-order valence-electron chi connectivity index (χ0n) is 12.5. The fraction of sp³-hybridized carbons (Fsp3) is 0.769. The summed E-state index contributed by atoms with van der Waals surface area (Å²) < 4.78 is 11.4. The number of hydrogen-bond donors (Lipinski definition) is 0. The van der Waals surface area contributed by atoms with Crippen molar-refractivity contribution < 1.29 is 9.16 Å². The van der Waals surface area contributed by atoms with E-state index >= 15 is 0 Å². The van der Waals surface area contributed by atoms with Gasteiger partial charge in [0.15, 0.2) is 11.8 Å². The van der Waals surface area contributed by atoms with E-state index in [0.717, 1.165) is 0 Å². The van der Waals surface area contributed by atoms with E-state index < -0.39 is 8.32 Å². The third-order valence-electron chi connectivity index (χ3n) is 3.03. The molecule has 0 fully saturated rings. The molecule has 0 saturated heterocycles. The summed E-state index contributed by atoms with van der Waals surface area (Å²) in [7, 11) is -1.81. The van der Waals surface area contributed by atoms with Crippen LogP contribution in [-0.4, -0.2) is 20.8 Å². The van der Waals surface area contributed by atoms with Gasteiger partial charge in [-0.3, -0.25) is 0 Å². The molecule has 0 unspecified atom stereocenters. The molecule has 100 valence electrons. The molecule has 0 aromatic rings. The highest BCUT2D eigenvalue weighted by Gasteiger charge is 2.39. The summed E-state index contributed by atoms with van der Waals surface area (Å²) in [6, 6.07) is 0. The predicted molar refractivity (Wildman–Crippen MR) is 76.8 cm³/mol. The molecule has 0 saturated carbocycles. The minimum Gasteiger partial charge on any atom is -0.531 e. The van der Waals surface area contributed by atoms with E-state index in [9.17, 15) is 0 Å². The fourth-order valence-corrected chi connectivity index (χ4v) is 1.95. The monoisotopic (exact) mass is 257 g/mol. The van der Waals surface area contributed by atoms with Crippen LogP contribution in [0.4, 0.5) is 0 Å². The van der Waals surface area contributed by atoms with E-state index in [1.165, 1.54) is 0 Å². The molecule has 0 aliphatic carbocycles. The van der Waals surface area contributed by atoms with Crippen LogP contribution in [0.2, 0.25) is 18.1 Å². The Morgan fingerprint density at radius 2 is 1.82 bits per heavy atom. The molecule has 0 atom stereocenters. The molecule has 0 aliphatic heterocycles. The summed E-state index contributed by atoms with van der Waals surface area (Å²) in [6.45, 7) is 17.4. The maximum atomic E-state index is 6.10. The summed E-state index contributed by atoms with van der Waals surface area (Å²) in [5.74, 6) is 1.32. The van der Waals surface area contributed by atoms with Crippen molar-refractivity contribution in [2.24, 2.45) is 4.99 Å². The van der Waals surface area contributed by atoms with Gasteiger partial charge in [-0.15, -0.1) is 0 Å². The van der Waals surface area contributed by atoms with Crippen molar-refractivity contribution in [1.82, 2.24) is 0 Å². The first-order valence-electron chi connectivity index (χ1n) is 6.17. The summed E-state index contributed by atoms with van der Waals surface area (Å²) in [5, 5.41) is 0.177. The van der Waals surface area contributed by atoms with Crippen LogP contribution in [0, 0.1) is 0 Å². The van der Waals surface area contributed by atoms with Crippen molar-refractivity contribution in [1.29, 1.82) is 0 Å². The maximum absolute atomic E-state index is 6.10. The Morgan fingerprint density at radius 3 is 2.18 bits per heavy atom. The van der Waals surface area contributed by atoms with Gasteiger partial charge in [0, 0.05) is 6.92 Å². The molecular weight excluding hydrogens is 230 g/mol. The van der Waals surface area contributed by atoms with Crippen molar-refractivity contribution in [3.8, 4) is 0 Å². The van der Waals surface area contributed by atoms with Gasteiger partial charge in [0.1, 0.15) is 0 Å². The predicted octanol–water partition coefficient (Wildman–Crippen LogP) is 4.32. The maximum Gasteiger partial charge on any atom is 0.252 e. The lowest BCUT2D eigenvalue weighted by molar-refractivity contribution is 0.316. The number of ether oxygens (including phenoxy) is 1. The Kier molecular flexibility index (Phi) is 5.95. The second-order valence-electron chi connectivity index (χ2n) is 5.55. The number of nitrogens with zero attached hydrogens (tertiary/aromatic N) is 1. The lowest BCUT2D eigenvalue weighted by Gasteiger charge is -2.36. The first-order valence-corrected chi connectivity index (χ1v) is 9.08. The highest BCUT2D eigenvalue weighted by molar-refractivity contribution is 6.74. The van der Waals surface area contributed by atoms with E-state index in [1.54, 1.807) is 0 Å². The van der Waals surface area contributed by atoms with Crippen molar-refractivity contribution in [2.45, 2.75) is 59.7 Å². The van der Waals surface area contributed by atoms with Crippen LogP contribution in [-0.2, 0) is 9.16 Å². The van der Waals surface area contributed by atoms with Crippen LogP contribution in [0.25, 0.3) is 0 Å². The second kappa shape index (κ2) is 6.24. The van der Waals surface area contributed by atoms with E-state index in [2.05, 4.69) is 38.9 Å². The third kappa shape index (κ3) is 5.39. The van der Waals surface area contributed by atoms with E-state index in [-0.39, 0.29) is 5.04 Å². The highest BCUT2D eigenvalue weighted by Crippen LogP contribution is 2.38. The first-order chi connectivity index (χ1) is 7.64. The Bertz CT molecular complexity index is 301. The molecule has 0 amide bonds. The lowest BCUT2D eigenvalue weighted by Crippen LogP contribution is -2.40. The van der Waals surface area contributed by atoms with Crippen LogP contribution in [0.15, 0.2) is 17.0 Å². The quantitative estimate of drug-likeness (QED) is 0.325. The minimum absolute atomic E-state index is 0.177. The number of aliphatic imine (C=N–C) groups is 1. The summed E-state index contributed by atoms with van der Waals surface area (Å²) in [5.41, 5.74) is 0. The molecule has 3 nitrogen and oxygen atoms in total. The van der Waals surface area contributed by atoms with Crippen molar-refractivity contribution in [2.75, 3.05) is 6.61 Å². The zero-order chi connectivity index (χ0) is 13.7. The van der Waals surface area contributed by atoms with Crippen molar-refractivity contribution in [3.63, 3.8) is 0 Å². The van der Waals surface area contributed by atoms with Gasteiger partial charge in [-0.2, -0.15) is 4.99 Å². The lowest BCUT2D eigenvalue weighted by atomic mass is 10.2. The standard InChI is InChI=1S/C13H27NO2Si/c1-9-12(14-11(3)15-10-2)16-17(7,8)13(4,5)6/h9H,10H2,1-8H3/b12-9+,14-11+. The Labute approximate surface area is 107 Å². The molecule has 17 heavy (non-hydrogen) atoms. The molecule has 0 heterocycles. The van der Waals surface area contributed by atoms with Gasteiger partial charge in [0.2, 0.25) is 0 Å². The Balaban J connectivity index is 4.81. The van der Waals surface area contributed by atoms with Gasteiger partial charge in [-0.1, -0.05) is 20.8 Å². The van der Waals surface area contributed by atoms with Crippen molar-refractivity contribution in [3.05, 3.63) is 12.0 Å². The van der Waals surface area contributed by atoms with Gasteiger partial charge in [0.25, 0.3) is 8.32 Å². The van der Waals surface area contributed by atoms with Crippen LogP contribution in [0.3, 0.4) is 0 Å². The summed E-state index contributed by atoms with van der Waals surface area (Å²) in [6.07, 6.45) is 1.89. The molecular formula is C13H27NO2Si. The number of hydrogen-bond acceptors (Lipinski definition) is 3. The van der Waals surface area contributed by atoms with Gasteiger partial charge < -0.3 is 9.16 Å². The normalized spacial score (nSPS) is 14.8. The molecule has 4 heteroatoms. The minimum atomic E-state index is -1.81. The molecule has 0 aromatic carbocycles. The fourth-order valence-electron chi connectivity index (χ4n) is 0.957. The third-order valence-corrected chi connectivity index (χ3v) is 7.37. The number of allylic oxidation sites excluding steroid dienone is 1. The van der Waals surface area contributed by atoms with E-state index in [1.807, 2.05) is 26.8 Å². The van der Waals surface area contributed by atoms with Crippen LogP contribution in [0.5, 0.6) is 0 Å². The number of rotatable bonds is 4. The van der Waals surface area contributed by atoms with Gasteiger partial charge in [-0.05, 0) is 38.1 Å². The molecule has 0 aromatic heterocycles. The van der Waals surface area contributed by atoms with E-state index in [4.69, 9.17) is 9.16 Å². The largest absolute Gasteiger partial charge is 0.531 e. The van der Waals surface area contributed by atoms with Gasteiger partial charge in [-0.25, -0.2) is 0 Å². The second-order valence-corrected chi connectivity index (χ2v) is 10.3. The smallest absolute Gasteiger partial charge is 0.252 e. The van der Waals surface area contributed by atoms with E-state index in [0.29, 0.717) is 18.4 Å². The summed E-state index contributed by atoms with van der Waals surface area (Å²) >= 11 is 0. The summed E-state index contributed by atoms with van der Waals surface area (Å²) in [4.78, 5) is 4.35. The van der Waals surface area contributed by atoms with Gasteiger partial charge in [0.05, 0.1) is 6.61 Å². The van der Waals surface area contributed by atoms with Crippen molar-refractivity contribution >= 4 is 14.2 Å². The van der Waals surface area contributed by atoms with Gasteiger partial charge >= 0.3 is 0 Å². The Hall–Kier alpha value is -0.773. The molecule has 0 rings (SSSR count). The molecule has 0 N–H and O–H groups in total. The highest BCUT2D eigenvalue weighted by atomic mass is 28.4. The van der Waals surface area contributed by atoms with Crippen LogP contribution in [0.1, 0.15) is 41.5 Å². The average molecular weight is 257 g/mol. The zero-order valence-corrected chi connectivity index (χ0v) is 13.5. The molecule has 0 aliphatic rings. The SMILES string of the molecule is C/C=C(\N=C(/C)OCC)O[Si](C)(C)C(C)(C)C. The molecule has 0 radical (unpaired) electrons. The molecule has 0 bridgehead atoms. The van der Waals surface area contributed by atoms with Crippen LogP contribution >= 0.6 is 0 Å².